The number of nitrogens with zero attached hydrogens (tertiary/aromatic N) is 3. The molecule has 1 aliphatic rings. The minimum absolute atomic E-state index is 0.140. The quantitative estimate of drug-likeness (QED) is 0.486. The minimum Gasteiger partial charge on any atom is -0.497 e. The van der Waals surface area contributed by atoms with Gasteiger partial charge in [-0.2, -0.15) is 0 Å². The van der Waals surface area contributed by atoms with Crippen LogP contribution in [-0.4, -0.2) is 61.7 Å². The molecule has 2 heterocycles. The highest BCUT2D eigenvalue weighted by Gasteiger charge is 2.22. The average molecular weight is 454 g/mol. The van der Waals surface area contributed by atoms with E-state index in [0.29, 0.717) is 19.5 Å². The number of hydrogen-bond donors (Lipinski definition) is 0. The van der Waals surface area contributed by atoms with E-state index in [4.69, 9.17) is 9.47 Å². The van der Waals surface area contributed by atoms with Crippen molar-refractivity contribution in [1.29, 1.82) is 0 Å². The summed E-state index contributed by atoms with van der Waals surface area (Å²) in [5, 5.41) is 1.02. The van der Waals surface area contributed by atoms with Crippen molar-refractivity contribution in [1.82, 2.24) is 9.88 Å². The van der Waals surface area contributed by atoms with E-state index in [2.05, 4.69) is 9.88 Å². The minimum atomic E-state index is -0.337. The molecular formula is C24H27N3O4S. The fraction of sp³-hybridized carbons (Fsp3) is 0.375. The fourth-order valence-electron chi connectivity index (χ4n) is 3.72. The number of aromatic nitrogens is 1. The van der Waals surface area contributed by atoms with Gasteiger partial charge in [0.2, 0.25) is 0 Å². The van der Waals surface area contributed by atoms with Gasteiger partial charge in [0, 0.05) is 38.3 Å². The SMILES string of the molecule is COc1ccc(N2CCN(C(=O)COC(=O)CCCc3nc4ccccc4s3)CC2)cc1. The van der Waals surface area contributed by atoms with Gasteiger partial charge in [0.25, 0.3) is 5.91 Å². The number of carbonyl (C=O) groups excluding carboxylic acids is 2. The lowest BCUT2D eigenvalue weighted by Crippen LogP contribution is -2.49. The number of benzene rings is 2. The number of hydrogen-bond acceptors (Lipinski definition) is 7. The van der Waals surface area contributed by atoms with Crippen molar-refractivity contribution in [2.24, 2.45) is 0 Å². The number of methoxy groups -OCH3 is 1. The van der Waals surface area contributed by atoms with Gasteiger partial charge in [0.05, 0.1) is 22.3 Å². The Morgan fingerprint density at radius 2 is 1.78 bits per heavy atom. The van der Waals surface area contributed by atoms with Crippen molar-refractivity contribution in [3.05, 3.63) is 53.5 Å². The summed E-state index contributed by atoms with van der Waals surface area (Å²) in [6.45, 7) is 2.52. The van der Waals surface area contributed by atoms with Crippen LogP contribution in [0.5, 0.6) is 5.75 Å². The molecule has 0 N–H and O–H groups in total. The smallest absolute Gasteiger partial charge is 0.306 e. The molecule has 0 radical (unpaired) electrons. The highest BCUT2D eigenvalue weighted by Crippen LogP contribution is 2.23. The lowest BCUT2D eigenvalue weighted by Gasteiger charge is -2.36. The monoisotopic (exact) mass is 453 g/mol. The maximum absolute atomic E-state index is 12.4. The van der Waals surface area contributed by atoms with Crippen molar-refractivity contribution in [3.63, 3.8) is 0 Å². The Bertz CT molecular complexity index is 1030. The summed E-state index contributed by atoms with van der Waals surface area (Å²) in [5.41, 5.74) is 2.10. The molecule has 0 spiro atoms. The first-order valence-corrected chi connectivity index (χ1v) is 11.6. The third-order valence-electron chi connectivity index (χ3n) is 5.54. The Hall–Kier alpha value is -3.13. The van der Waals surface area contributed by atoms with Crippen LogP contribution in [-0.2, 0) is 20.7 Å². The van der Waals surface area contributed by atoms with Crippen LogP contribution in [0.25, 0.3) is 10.2 Å². The van der Waals surface area contributed by atoms with E-state index in [9.17, 15) is 9.59 Å². The predicted octanol–water partition coefficient (Wildman–Crippen LogP) is 3.52. The molecule has 2 aromatic carbocycles. The van der Waals surface area contributed by atoms with Crippen molar-refractivity contribution in [3.8, 4) is 5.75 Å². The van der Waals surface area contributed by atoms with Gasteiger partial charge in [-0.1, -0.05) is 12.1 Å². The van der Waals surface area contributed by atoms with Gasteiger partial charge in [-0.25, -0.2) is 4.98 Å². The first-order valence-electron chi connectivity index (χ1n) is 10.8. The number of anilines is 1. The van der Waals surface area contributed by atoms with Crippen LogP contribution in [0.15, 0.2) is 48.5 Å². The first-order chi connectivity index (χ1) is 15.6. The summed E-state index contributed by atoms with van der Waals surface area (Å²) >= 11 is 1.65. The standard InChI is InChI=1S/C24H27N3O4S/c1-30-19-11-9-18(10-12-19)26-13-15-27(16-14-26)23(28)17-31-24(29)8-4-7-22-25-20-5-2-3-6-21(20)32-22/h2-3,5-6,9-12H,4,7-8,13-17H2,1H3. The number of aryl methyl sites for hydroxylation is 1. The fourth-order valence-corrected chi connectivity index (χ4v) is 4.73. The summed E-state index contributed by atoms with van der Waals surface area (Å²) in [4.78, 5) is 33.1. The van der Waals surface area contributed by atoms with Gasteiger partial charge in [0.1, 0.15) is 5.75 Å². The van der Waals surface area contributed by atoms with E-state index in [0.717, 1.165) is 46.2 Å². The Labute approximate surface area is 191 Å². The molecule has 1 saturated heterocycles. The number of carbonyl (C=O) groups is 2. The van der Waals surface area contributed by atoms with E-state index in [1.807, 2.05) is 48.5 Å². The Balaban J connectivity index is 1.15. The average Bonchev–Trinajstić information content (AvgIpc) is 3.25. The molecule has 8 heteroatoms. The zero-order valence-electron chi connectivity index (χ0n) is 18.2. The number of rotatable bonds is 8. The zero-order chi connectivity index (χ0) is 22.3. The van der Waals surface area contributed by atoms with Crippen molar-refractivity contribution in [2.75, 3.05) is 44.8 Å². The molecule has 32 heavy (non-hydrogen) atoms. The number of esters is 1. The van der Waals surface area contributed by atoms with Crippen LogP contribution >= 0.6 is 11.3 Å². The lowest BCUT2D eigenvalue weighted by atomic mass is 10.2. The summed E-state index contributed by atoms with van der Waals surface area (Å²) in [7, 11) is 1.65. The number of thiazole rings is 1. The molecule has 1 aliphatic heterocycles. The largest absolute Gasteiger partial charge is 0.497 e. The van der Waals surface area contributed by atoms with Crippen LogP contribution < -0.4 is 9.64 Å². The lowest BCUT2D eigenvalue weighted by molar-refractivity contribution is -0.152. The van der Waals surface area contributed by atoms with Crippen molar-refractivity contribution < 1.29 is 19.1 Å². The van der Waals surface area contributed by atoms with Crippen LogP contribution in [0.4, 0.5) is 5.69 Å². The van der Waals surface area contributed by atoms with Crippen LogP contribution in [0.1, 0.15) is 17.8 Å². The maximum Gasteiger partial charge on any atom is 0.306 e. The van der Waals surface area contributed by atoms with E-state index in [1.165, 1.54) is 0 Å². The Morgan fingerprint density at radius 3 is 2.50 bits per heavy atom. The third kappa shape index (κ3) is 5.56. The normalized spacial score (nSPS) is 13.9. The second-order valence-corrected chi connectivity index (χ2v) is 8.77. The van der Waals surface area contributed by atoms with E-state index >= 15 is 0 Å². The van der Waals surface area contributed by atoms with Gasteiger partial charge in [-0.05, 0) is 49.2 Å². The summed E-state index contributed by atoms with van der Waals surface area (Å²) < 4.78 is 11.6. The zero-order valence-corrected chi connectivity index (χ0v) is 19.0. The van der Waals surface area contributed by atoms with Gasteiger partial charge < -0.3 is 19.3 Å². The third-order valence-corrected chi connectivity index (χ3v) is 6.63. The predicted molar refractivity (Wildman–Crippen MR) is 125 cm³/mol. The second-order valence-electron chi connectivity index (χ2n) is 7.66. The van der Waals surface area contributed by atoms with Gasteiger partial charge in [-0.15, -0.1) is 11.3 Å². The highest BCUT2D eigenvalue weighted by molar-refractivity contribution is 7.18. The summed E-state index contributed by atoms with van der Waals surface area (Å²) in [6, 6.07) is 15.9. The first kappa shape index (κ1) is 22.1. The van der Waals surface area contributed by atoms with E-state index < -0.39 is 0 Å². The molecule has 0 unspecified atom stereocenters. The number of ether oxygens (including phenoxy) is 2. The Morgan fingerprint density at radius 1 is 1.03 bits per heavy atom. The highest BCUT2D eigenvalue weighted by atomic mass is 32.1. The van der Waals surface area contributed by atoms with Gasteiger partial charge in [-0.3, -0.25) is 9.59 Å². The number of para-hydroxylation sites is 1. The van der Waals surface area contributed by atoms with Gasteiger partial charge in [0.15, 0.2) is 6.61 Å². The topological polar surface area (TPSA) is 72.0 Å². The molecule has 0 saturated carbocycles. The number of fused-ring (bicyclic) bond motifs is 1. The molecule has 1 amide bonds. The molecule has 0 aliphatic carbocycles. The molecular weight excluding hydrogens is 426 g/mol. The number of amides is 1. The van der Waals surface area contributed by atoms with E-state index in [1.54, 1.807) is 23.3 Å². The second kappa shape index (κ2) is 10.5. The maximum atomic E-state index is 12.4. The molecule has 168 valence electrons. The molecule has 0 bridgehead atoms. The number of piperazine rings is 1. The van der Waals surface area contributed by atoms with E-state index in [-0.39, 0.29) is 24.9 Å². The Kier molecular flexibility index (Phi) is 7.21. The van der Waals surface area contributed by atoms with Crippen LogP contribution in [0.2, 0.25) is 0 Å². The molecule has 1 aromatic heterocycles. The van der Waals surface area contributed by atoms with Crippen LogP contribution in [0.3, 0.4) is 0 Å². The summed E-state index contributed by atoms with van der Waals surface area (Å²) in [6.07, 6.45) is 1.68. The van der Waals surface area contributed by atoms with Crippen molar-refractivity contribution >= 4 is 39.1 Å². The van der Waals surface area contributed by atoms with Gasteiger partial charge >= 0.3 is 5.97 Å². The molecule has 0 atom stereocenters. The van der Waals surface area contributed by atoms with Crippen LogP contribution in [0, 0.1) is 0 Å². The summed E-state index contributed by atoms with van der Waals surface area (Å²) in [5.74, 6) is 0.347. The molecule has 7 nitrogen and oxygen atoms in total. The van der Waals surface area contributed by atoms with Crippen molar-refractivity contribution in [2.45, 2.75) is 19.3 Å². The molecule has 4 rings (SSSR count). The molecule has 1 fully saturated rings. The molecule has 3 aromatic rings.